The molecule has 2 aromatic rings. The summed E-state index contributed by atoms with van der Waals surface area (Å²) in [6.45, 7) is 6.93. The first-order valence-electron chi connectivity index (χ1n) is 9.67. The van der Waals surface area contributed by atoms with Gasteiger partial charge in [-0.2, -0.15) is 0 Å². The number of hydrogen-bond acceptors (Lipinski definition) is 3. The third-order valence-corrected chi connectivity index (χ3v) is 5.05. The summed E-state index contributed by atoms with van der Waals surface area (Å²) in [5.74, 6) is -8.89. The van der Waals surface area contributed by atoms with Crippen LogP contribution >= 0.6 is 0 Å². The second kappa shape index (κ2) is 8.20. The minimum Gasteiger partial charge on any atom is -0.493 e. The van der Waals surface area contributed by atoms with E-state index in [1.54, 1.807) is 13.0 Å². The number of rotatable bonds is 2. The zero-order valence-electron chi connectivity index (χ0n) is 17.5. The van der Waals surface area contributed by atoms with Gasteiger partial charge in [-0.15, -0.1) is 0 Å². The Bertz CT molecular complexity index is 1060. The quantitative estimate of drug-likeness (QED) is 0.326. The molecule has 31 heavy (non-hydrogen) atoms. The van der Waals surface area contributed by atoms with Gasteiger partial charge in [0.05, 0.1) is 17.7 Å². The Kier molecular flexibility index (Phi) is 5.98. The van der Waals surface area contributed by atoms with Crippen molar-refractivity contribution in [2.75, 3.05) is 6.61 Å². The number of carbonyl (C=O) groups is 2. The van der Waals surface area contributed by atoms with Gasteiger partial charge < -0.3 is 4.74 Å². The zero-order valence-corrected chi connectivity index (χ0v) is 17.5. The van der Waals surface area contributed by atoms with Crippen molar-refractivity contribution in [3.05, 3.63) is 63.7 Å². The smallest absolute Gasteiger partial charge is 0.275 e. The molecule has 2 aromatic carbocycles. The largest absolute Gasteiger partial charge is 0.493 e. The zero-order chi connectivity index (χ0) is 23.1. The summed E-state index contributed by atoms with van der Waals surface area (Å²) in [6.07, 6.45) is 1.52. The highest BCUT2D eigenvalue weighted by Gasteiger charge is 2.34. The molecular weight excluding hydrogens is 416 g/mol. The molecule has 0 saturated heterocycles. The van der Waals surface area contributed by atoms with Crippen LogP contribution in [0.3, 0.4) is 0 Å². The number of benzene rings is 2. The molecule has 0 atom stereocenters. The summed E-state index contributed by atoms with van der Waals surface area (Å²) in [5, 5.41) is 0.764. The van der Waals surface area contributed by atoms with Gasteiger partial charge >= 0.3 is 0 Å². The molecule has 0 fully saturated rings. The van der Waals surface area contributed by atoms with Crippen molar-refractivity contribution in [3.8, 4) is 5.75 Å². The standard InChI is InChI=1S/C22H22F4N2O3/c1-11-12-6-5-9-31-16(12)8-7-13(11)20(29)27-28(22(2,3)4)21(30)14-10-15(23)18(25)19(26)17(14)24/h7-8,10H,5-6,9H2,1-4H3,(H,27,29). The molecule has 5 nitrogen and oxygen atoms in total. The minimum atomic E-state index is -2.10. The number of nitrogens with one attached hydrogen (secondary N) is 1. The lowest BCUT2D eigenvalue weighted by Gasteiger charge is -2.36. The Hall–Kier alpha value is -3.10. The number of halogens is 4. The Labute approximate surface area is 177 Å². The maximum atomic E-state index is 14.2. The molecule has 166 valence electrons. The lowest BCUT2D eigenvalue weighted by Crippen LogP contribution is -2.56. The molecule has 0 radical (unpaired) electrons. The van der Waals surface area contributed by atoms with Crippen LogP contribution in [-0.2, 0) is 6.42 Å². The highest BCUT2D eigenvalue weighted by atomic mass is 19.2. The number of ether oxygens (including phenoxy) is 1. The summed E-state index contributed by atoms with van der Waals surface area (Å²) in [4.78, 5) is 25.9. The maximum absolute atomic E-state index is 14.2. The fourth-order valence-electron chi connectivity index (χ4n) is 3.39. The predicted octanol–water partition coefficient (Wildman–Crippen LogP) is 4.46. The van der Waals surface area contributed by atoms with Crippen LogP contribution < -0.4 is 10.2 Å². The molecule has 1 heterocycles. The third kappa shape index (κ3) is 4.22. The van der Waals surface area contributed by atoms with E-state index in [2.05, 4.69) is 5.43 Å². The molecule has 9 heteroatoms. The monoisotopic (exact) mass is 438 g/mol. The summed E-state index contributed by atoms with van der Waals surface area (Å²) >= 11 is 0. The highest BCUT2D eigenvalue weighted by molar-refractivity contribution is 6.00. The van der Waals surface area contributed by atoms with Crippen molar-refractivity contribution in [2.24, 2.45) is 0 Å². The lowest BCUT2D eigenvalue weighted by molar-refractivity contribution is 0.0353. The molecule has 1 N–H and O–H groups in total. The molecule has 0 aliphatic carbocycles. The van der Waals surface area contributed by atoms with Gasteiger partial charge in [0.25, 0.3) is 11.8 Å². The summed E-state index contributed by atoms with van der Waals surface area (Å²) in [5.41, 5.74) is 2.06. The first-order chi connectivity index (χ1) is 14.4. The maximum Gasteiger partial charge on any atom is 0.275 e. The van der Waals surface area contributed by atoms with E-state index in [4.69, 9.17) is 4.74 Å². The second-order valence-electron chi connectivity index (χ2n) is 8.27. The number of amides is 2. The molecular formula is C22H22F4N2O3. The third-order valence-electron chi connectivity index (χ3n) is 5.05. The van der Waals surface area contributed by atoms with Crippen LogP contribution in [0.2, 0.25) is 0 Å². The Balaban J connectivity index is 1.97. The molecule has 0 aromatic heterocycles. The SMILES string of the molecule is Cc1c(C(=O)NN(C(=O)c2cc(F)c(F)c(F)c2F)C(C)(C)C)ccc2c1CCCO2. The van der Waals surface area contributed by atoms with Gasteiger partial charge in [0, 0.05) is 5.56 Å². The van der Waals surface area contributed by atoms with E-state index in [0.29, 0.717) is 17.9 Å². The fourth-order valence-corrected chi connectivity index (χ4v) is 3.39. The van der Waals surface area contributed by atoms with Crippen LogP contribution in [0, 0.1) is 30.2 Å². The van der Waals surface area contributed by atoms with Gasteiger partial charge in [0.2, 0.25) is 0 Å². The summed E-state index contributed by atoms with van der Waals surface area (Å²) < 4.78 is 60.3. The molecule has 2 amide bonds. The van der Waals surface area contributed by atoms with Crippen molar-refractivity contribution in [1.29, 1.82) is 0 Å². The summed E-state index contributed by atoms with van der Waals surface area (Å²) in [6, 6.07) is 3.46. The van der Waals surface area contributed by atoms with Crippen molar-refractivity contribution < 1.29 is 31.9 Å². The molecule has 0 saturated carbocycles. The first-order valence-corrected chi connectivity index (χ1v) is 9.67. The molecule has 0 bridgehead atoms. The normalized spacial score (nSPS) is 13.3. The van der Waals surface area contributed by atoms with Crippen LogP contribution in [0.1, 0.15) is 59.0 Å². The second-order valence-corrected chi connectivity index (χ2v) is 8.27. The van der Waals surface area contributed by atoms with Crippen LogP contribution in [0.25, 0.3) is 0 Å². The average molecular weight is 438 g/mol. The number of carbonyl (C=O) groups excluding carboxylic acids is 2. The van der Waals surface area contributed by atoms with E-state index in [1.807, 2.05) is 0 Å². The average Bonchev–Trinajstić information content (AvgIpc) is 2.72. The van der Waals surface area contributed by atoms with E-state index in [0.717, 1.165) is 23.4 Å². The van der Waals surface area contributed by atoms with Gasteiger partial charge in [0.1, 0.15) is 5.75 Å². The predicted molar refractivity (Wildman–Crippen MR) is 105 cm³/mol. The van der Waals surface area contributed by atoms with E-state index >= 15 is 0 Å². The Morgan fingerprint density at radius 1 is 1.03 bits per heavy atom. The number of hydrazine groups is 1. The summed E-state index contributed by atoms with van der Waals surface area (Å²) in [7, 11) is 0. The molecule has 1 aliphatic heterocycles. The minimum absolute atomic E-state index is 0.266. The van der Waals surface area contributed by atoms with E-state index < -0.39 is 46.2 Å². The van der Waals surface area contributed by atoms with Crippen LogP contribution in [0.5, 0.6) is 5.75 Å². The Morgan fingerprint density at radius 3 is 2.35 bits per heavy atom. The first kappa shape index (κ1) is 22.6. The van der Waals surface area contributed by atoms with Gasteiger partial charge in [-0.05, 0) is 69.9 Å². The molecule has 0 spiro atoms. The number of nitrogens with zero attached hydrogens (tertiary/aromatic N) is 1. The molecule has 0 unspecified atom stereocenters. The Morgan fingerprint density at radius 2 is 1.71 bits per heavy atom. The van der Waals surface area contributed by atoms with Crippen LogP contribution in [-0.4, -0.2) is 29.0 Å². The fraction of sp³-hybridized carbons (Fsp3) is 0.364. The van der Waals surface area contributed by atoms with Crippen molar-refractivity contribution >= 4 is 11.8 Å². The van der Waals surface area contributed by atoms with Gasteiger partial charge in [-0.1, -0.05) is 0 Å². The topological polar surface area (TPSA) is 58.6 Å². The molecule has 3 rings (SSSR count). The van der Waals surface area contributed by atoms with Crippen molar-refractivity contribution in [2.45, 2.75) is 46.1 Å². The lowest BCUT2D eigenvalue weighted by atomic mass is 9.96. The van der Waals surface area contributed by atoms with Crippen LogP contribution in [0.15, 0.2) is 18.2 Å². The van der Waals surface area contributed by atoms with Crippen LogP contribution in [0.4, 0.5) is 17.6 Å². The highest BCUT2D eigenvalue weighted by Crippen LogP contribution is 2.30. The van der Waals surface area contributed by atoms with E-state index in [-0.39, 0.29) is 11.6 Å². The number of hydrogen-bond donors (Lipinski definition) is 1. The van der Waals surface area contributed by atoms with Crippen molar-refractivity contribution in [1.82, 2.24) is 10.4 Å². The van der Waals surface area contributed by atoms with E-state index in [9.17, 15) is 27.2 Å². The van der Waals surface area contributed by atoms with Crippen molar-refractivity contribution in [3.63, 3.8) is 0 Å². The number of fused-ring (bicyclic) bond motifs is 1. The molecule has 1 aliphatic rings. The van der Waals surface area contributed by atoms with Gasteiger partial charge in [0.15, 0.2) is 23.3 Å². The van der Waals surface area contributed by atoms with Gasteiger partial charge in [-0.25, -0.2) is 22.6 Å². The van der Waals surface area contributed by atoms with E-state index in [1.165, 1.54) is 26.8 Å². The van der Waals surface area contributed by atoms with Gasteiger partial charge in [-0.3, -0.25) is 15.0 Å².